The zero-order valence-electron chi connectivity index (χ0n) is 16.2. The average molecular weight is 394 g/mol. The number of esters is 1. The van der Waals surface area contributed by atoms with Crippen molar-refractivity contribution in [3.05, 3.63) is 60.2 Å². The minimum Gasteiger partial charge on any atom is -0.508 e. The number of nitrogens with zero attached hydrogens (tertiary/aromatic N) is 1. The molecule has 2 saturated heterocycles. The highest BCUT2D eigenvalue weighted by Gasteiger charge is 2.67. The first-order valence-corrected chi connectivity index (χ1v) is 9.55. The van der Waals surface area contributed by atoms with Gasteiger partial charge in [0.25, 0.3) is 0 Å². The molecular formula is C22H22N2O5. The van der Waals surface area contributed by atoms with Crippen LogP contribution in [-0.4, -0.2) is 35.0 Å². The smallest absolute Gasteiger partial charge is 0.326 e. The lowest BCUT2D eigenvalue weighted by Crippen LogP contribution is -2.54. The van der Waals surface area contributed by atoms with Crippen LogP contribution in [0.4, 0.5) is 5.69 Å². The molecule has 0 aliphatic carbocycles. The van der Waals surface area contributed by atoms with Gasteiger partial charge in [-0.3, -0.25) is 19.7 Å². The Labute approximate surface area is 168 Å². The highest BCUT2D eigenvalue weighted by molar-refractivity contribution is 6.24. The molecule has 2 aromatic carbocycles. The molecule has 4 atom stereocenters. The molecule has 7 nitrogen and oxygen atoms in total. The molecule has 2 heterocycles. The van der Waals surface area contributed by atoms with Gasteiger partial charge in [-0.05, 0) is 43.7 Å². The maximum absolute atomic E-state index is 13.4. The summed E-state index contributed by atoms with van der Waals surface area (Å²) in [5.41, 5.74) is -0.158. The number of anilines is 1. The van der Waals surface area contributed by atoms with Gasteiger partial charge in [-0.1, -0.05) is 30.3 Å². The number of phenolic OH excluding ortho intramolecular Hbond substituents is 1. The van der Waals surface area contributed by atoms with E-state index in [-0.39, 0.29) is 18.3 Å². The van der Waals surface area contributed by atoms with Crippen LogP contribution in [0.15, 0.2) is 54.6 Å². The van der Waals surface area contributed by atoms with E-state index in [9.17, 15) is 19.5 Å². The zero-order valence-corrected chi connectivity index (χ0v) is 16.2. The Balaban J connectivity index is 1.81. The Morgan fingerprint density at radius 3 is 2.38 bits per heavy atom. The van der Waals surface area contributed by atoms with E-state index >= 15 is 0 Å². The SMILES string of the molecule is CCOC(=O)[C@]1(C)N[C@H](c2ccc(O)cc2)[C@H]2C(=O)N(c3ccccc3)C(=O)[C@H]21. The molecule has 29 heavy (non-hydrogen) atoms. The van der Waals surface area contributed by atoms with Crippen molar-refractivity contribution in [1.29, 1.82) is 0 Å². The highest BCUT2D eigenvalue weighted by Crippen LogP contribution is 2.50. The number of nitrogens with one attached hydrogen (secondary N) is 1. The quantitative estimate of drug-likeness (QED) is 0.610. The molecule has 4 rings (SSSR count). The van der Waals surface area contributed by atoms with E-state index in [1.54, 1.807) is 56.3 Å². The summed E-state index contributed by atoms with van der Waals surface area (Å²) in [7, 11) is 0. The van der Waals surface area contributed by atoms with Gasteiger partial charge in [-0.15, -0.1) is 0 Å². The van der Waals surface area contributed by atoms with Crippen molar-refractivity contribution in [1.82, 2.24) is 5.32 Å². The standard InChI is InChI=1S/C22H22N2O5/c1-3-29-21(28)22(2)17-16(18(23-22)13-9-11-15(25)12-10-13)19(26)24(20(17)27)14-7-5-4-6-8-14/h4-12,16-18,23,25H,3H2,1-2H3/t16-,17-,18+,22+/m0/s1. The number of fused-ring (bicyclic) bond motifs is 1. The second-order valence-corrected chi connectivity index (χ2v) is 7.49. The Morgan fingerprint density at radius 2 is 1.76 bits per heavy atom. The van der Waals surface area contributed by atoms with Crippen molar-refractivity contribution < 1.29 is 24.2 Å². The fraction of sp³-hybridized carbons (Fsp3) is 0.318. The lowest BCUT2D eigenvalue weighted by atomic mass is 9.80. The van der Waals surface area contributed by atoms with Crippen molar-refractivity contribution >= 4 is 23.5 Å². The summed E-state index contributed by atoms with van der Waals surface area (Å²) in [6.07, 6.45) is 0. The fourth-order valence-corrected chi connectivity index (χ4v) is 4.41. The second kappa shape index (κ2) is 7.00. The van der Waals surface area contributed by atoms with Crippen molar-refractivity contribution in [3.8, 4) is 5.75 Å². The number of benzene rings is 2. The Morgan fingerprint density at radius 1 is 1.10 bits per heavy atom. The van der Waals surface area contributed by atoms with Crippen LogP contribution in [0, 0.1) is 11.8 Å². The number of hydrogen-bond donors (Lipinski definition) is 2. The number of amides is 2. The third-order valence-electron chi connectivity index (χ3n) is 5.75. The number of para-hydroxylation sites is 1. The molecule has 2 fully saturated rings. The lowest BCUT2D eigenvalue weighted by Gasteiger charge is -2.29. The van der Waals surface area contributed by atoms with Crippen LogP contribution in [0.3, 0.4) is 0 Å². The number of carbonyl (C=O) groups excluding carboxylic acids is 3. The summed E-state index contributed by atoms with van der Waals surface area (Å²) in [6.45, 7) is 3.48. The van der Waals surface area contributed by atoms with Gasteiger partial charge in [0.1, 0.15) is 11.3 Å². The van der Waals surface area contributed by atoms with Crippen LogP contribution in [0.1, 0.15) is 25.5 Å². The summed E-state index contributed by atoms with van der Waals surface area (Å²) >= 11 is 0. The molecule has 0 radical (unpaired) electrons. The Kier molecular flexibility index (Phi) is 4.62. The number of ether oxygens (including phenoxy) is 1. The number of aromatic hydroxyl groups is 1. The molecule has 0 unspecified atom stereocenters. The summed E-state index contributed by atoms with van der Waals surface area (Å²) in [5, 5.41) is 12.8. The van der Waals surface area contributed by atoms with E-state index in [2.05, 4.69) is 5.32 Å². The molecule has 0 aromatic heterocycles. The summed E-state index contributed by atoms with van der Waals surface area (Å²) in [4.78, 5) is 40.7. The predicted octanol–water partition coefficient (Wildman–Crippen LogP) is 2.16. The van der Waals surface area contributed by atoms with Gasteiger partial charge in [-0.25, -0.2) is 4.90 Å². The third-order valence-corrected chi connectivity index (χ3v) is 5.75. The first kappa shape index (κ1) is 19.1. The summed E-state index contributed by atoms with van der Waals surface area (Å²) < 4.78 is 5.24. The van der Waals surface area contributed by atoms with E-state index in [0.29, 0.717) is 11.3 Å². The monoisotopic (exact) mass is 394 g/mol. The van der Waals surface area contributed by atoms with Crippen molar-refractivity contribution in [3.63, 3.8) is 0 Å². The van der Waals surface area contributed by atoms with E-state index in [1.807, 2.05) is 0 Å². The van der Waals surface area contributed by atoms with Crippen molar-refractivity contribution in [2.75, 3.05) is 11.5 Å². The maximum atomic E-state index is 13.4. The number of hydrogen-bond acceptors (Lipinski definition) is 6. The Bertz CT molecular complexity index is 959. The number of rotatable bonds is 4. The molecule has 0 spiro atoms. The molecular weight excluding hydrogens is 372 g/mol. The molecule has 2 aliphatic rings. The largest absolute Gasteiger partial charge is 0.508 e. The number of imide groups is 1. The van der Waals surface area contributed by atoms with Crippen molar-refractivity contribution in [2.24, 2.45) is 11.8 Å². The van der Waals surface area contributed by atoms with Crippen LogP contribution in [0.5, 0.6) is 5.75 Å². The molecule has 2 N–H and O–H groups in total. The van der Waals surface area contributed by atoms with E-state index < -0.39 is 35.3 Å². The molecule has 2 aliphatic heterocycles. The minimum atomic E-state index is -1.35. The molecule has 0 bridgehead atoms. The van der Waals surface area contributed by atoms with Gasteiger partial charge in [0.2, 0.25) is 11.8 Å². The topological polar surface area (TPSA) is 95.9 Å². The molecule has 2 amide bonds. The first-order valence-electron chi connectivity index (χ1n) is 9.55. The second-order valence-electron chi connectivity index (χ2n) is 7.49. The summed E-state index contributed by atoms with van der Waals surface area (Å²) in [6, 6.07) is 14.5. The van der Waals surface area contributed by atoms with E-state index in [0.717, 1.165) is 0 Å². The van der Waals surface area contributed by atoms with Gasteiger partial charge in [0, 0.05) is 6.04 Å². The van der Waals surface area contributed by atoms with Crippen LogP contribution >= 0.6 is 0 Å². The van der Waals surface area contributed by atoms with Gasteiger partial charge in [0.15, 0.2) is 0 Å². The third kappa shape index (κ3) is 2.89. The van der Waals surface area contributed by atoms with E-state index in [1.165, 1.54) is 17.0 Å². The van der Waals surface area contributed by atoms with Gasteiger partial charge in [0.05, 0.1) is 24.1 Å². The lowest BCUT2D eigenvalue weighted by molar-refractivity contribution is -0.153. The molecule has 7 heteroatoms. The van der Waals surface area contributed by atoms with Crippen LogP contribution in [0.25, 0.3) is 0 Å². The normalized spacial score (nSPS) is 28.5. The van der Waals surface area contributed by atoms with Crippen LogP contribution in [0.2, 0.25) is 0 Å². The predicted molar refractivity (Wildman–Crippen MR) is 105 cm³/mol. The number of phenols is 1. The fourth-order valence-electron chi connectivity index (χ4n) is 4.41. The molecule has 0 saturated carbocycles. The molecule has 150 valence electrons. The minimum absolute atomic E-state index is 0.0937. The van der Waals surface area contributed by atoms with Crippen LogP contribution in [-0.2, 0) is 19.1 Å². The molecule has 2 aromatic rings. The highest BCUT2D eigenvalue weighted by atomic mass is 16.5. The van der Waals surface area contributed by atoms with Crippen molar-refractivity contribution in [2.45, 2.75) is 25.4 Å². The van der Waals surface area contributed by atoms with Gasteiger partial charge < -0.3 is 9.84 Å². The average Bonchev–Trinajstić information content (AvgIpc) is 3.17. The van der Waals surface area contributed by atoms with Gasteiger partial charge in [-0.2, -0.15) is 0 Å². The first-order chi connectivity index (χ1) is 13.9. The number of carbonyl (C=O) groups is 3. The zero-order chi connectivity index (χ0) is 20.8. The maximum Gasteiger partial charge on any atom is 0.326 e. The summed E-state index contributed by atoms with van der Waals surface area (Å²) in [5.74, 6) is -2.90. The van der Waals surface area contributed by atoms with E-state index in [4.69, 9.17) is 4.74 Å². The van der Waals surface area contributed by atoms with Gasteiger partial charge >= 0.3 is 5.97 Å². The Hall–Kier alpha value is -3.19. The van der Waals surface area contributed by atoms with Crippen LogP contribution < -0.4 is 10.2 Å².